The van der Waals surface area contributed by atoms with E-state index in [1.165, 1.54) is 0 Å². The highest BCUT2D eigenvalue weighted by Gasteiger charge is 2.31. The molecule has 0 spiro atoms. The number of benzene rings is 1. The largest absolute Gasteiger partial charge is 0.494 e. The Morgan fingerprint density at radius 3 is 2.48 bits per heavy atom. The van der Waals surface area contributed by atoms with Gasteiger partial charge in [0.2, 0.25) is 0 Å². The minimum Gasteiger partial charge on any atom is -0.494 e. The zero-order valence-corrected chi connectivity index (χ0v) is 20.0. The molecule has 178 valence electrons. The van der Waals surface area contributed by atoms with Crippen molar-refractivity contribution in [2.24, 2.45) is 7.05 Å². The lowest BCUT2D eigenvalue weighted by atomic mass is 10.1. The van der Waals surface area contributed by atoms with Crippen LogP contribution in [0.25, 0.3) is 11.0 Å². The lowest BCUT2D eigenvalue weighted by Gasteiger charge is -2.24. The van der Waals surface area contributed by atoms with Crippen molar-refractivity contribution in [3.8, 4) is 11.5 Å². The van der Waals surface area contributed by atoms with Crippen molar-refractivity contribution in [2.75, 3.05) is 13.2 Å². The number of carbonyl (C=O) groups is 1. The molecule has 9 heteroatoms. The van der Waals surface area contributed by atoms with E-state index in [0.29, 0.717) is 48.7 Å². The number of nitrogens with zero attached hydrogens (tertiary/aromatic N) is 4. The second kappa shape index (κ2) is 10.5. The van der Waals surface area contributed by atoms with Crippen LogP contribution in [0.5, 0.6) is 11.5 Å². The van der Waals surface area contributed by atoms with Gasteiger partial charge >= 0.3 is 5.97 Å². The maximum Gasteiger partial charge on any atom is 0.349 e. The van der Waals surface area contributed by atoms with Crippen molar-refractivity contribution in [3.05, 3.63) is 46.6 Å². The zero-order chi connectivity index (χ0) is 24.0. The van der Waals surface area contributed by atoms with Gasteiger partial charge in [0.25, 0.3) is 5.56 Å². The summed E-state index contributed by atoms with van der Waals surface area (Å²) in [5.74, 6) is 0.805. The van der Waals surface area contributed by atoms with Crippen molar-refractivity contribution < 1.29 is 19.0 Å². The maximum absolute atomic E-state index is 12.8. The average Bonchev–Trinajstić information content (AvgIpc) is 3.09. The molecular formula is C24H32N4O5. The Morgan fingerprint density at radius 1 is 1.12 bits per heavy atom. The topological polar surface area (TPSA) is 97.5 Å². The first-order valence-corrected chi connectivity index (χ1v) is 11.3. The van der Waals surface area contributed by atoms with Gasteiger partial charge in [-0.3, -0.25) is 14.0 Å². The molecule has 0 saturated heterocycles. The molecule has 0 unspecified atom stereocenters. The molecule has 33 heavy (non-hydrogen) atoms. The van der Waals surface area contributed by atoms with E-state index in [1.54, 1.807) is 67.7 Å². The molecule has 0 saturated carbocycles. The van der Waals surface area contributed by atoms with E-state index in [9.17, 15) is 9.59 Å². The minimum absolute atomic E-state index is 0.0944. The first-order chi connectivity index (χ1) is 15.8. The molecule has 0 aliphatic heterocycles. The molecule has 0 aliphatic carbocycles. The summed E-state index contributed by atoms with van der Waals surface area (Å²) in [4.78, 5) is 29.3. The molecule has 1 aromatic carbocycles. The average molecular weight is 457 g/mol. The summed E-state index contributed by atoms with van der Waals surface area (Å²) < 4.78 is 19.8. The Labute approximate surface area is 193 Å². The number of fused-ring (bicyclic) bond motifs is 1. The van der Waals surface area contributed by atoms with Crippen LogP contribution < -0.4 is 15.0 Å². The monoisotopic (exact) mass is 456 g/mol. The van der Waals surface area contributed by atoms with Gasteiger partial charge in [-0.1, -0.05) is 13.3 Å². The molecule has 0 aliphatic rings. The SMILES string of the molecule is CCCc1nn(C)c2c(=O)n(CCCOc3ccc(OC(C)(C)C(=O)OCC)cc3)cnc12. The van der Waals surface area contributed by atoms with Crippen LogP contribution in [0.1, 0.15) is 46.2 Å². The number of hydrogen-bond donors (Lipinski definition) is 0. The number of ether oxygens (including phenoxy) is 3. The first-order valence-electron chi connectivity index (χ1n) is 11.3. The third-order valence-corrected chi connectivity index (χ3v) is 5.14. The molecule has 0 atom stereocenters. The van der Waals surface area contributed by atoms with Crippen molar-refractivity contribution in [3.63, 3.8) is 0 Å². The fourth-order valence-electron chi connectivity index (χ4n) is 3.49. The molecule has 0 amide bonds. The van der Waals surface area contributed by atoms with Crippen molar-refractivity contribution >= 4 is 17.0 Å². The molecule has 0 radical (unpaired) electrons. The van der Waals surface area contributed by atoms with E-state index < -0.39 is 11.6 Å². The smallest absolute Gasteiger partial charge is 0.349 e. The van der Waals surface area contributed by atoms with E-state index in [-0.39, 0.29) is 5.56 Å². The van der Waals surface area contributed by atoms with Crippen molar-refractivity contribution in [2.45, 2.75) is 59.1 Å². The van der Waals surface area contributed by atoms with E-state index in [2.05, 4.69) is 17.0 Å². The van der Waals surface area contributed by atoms with Gasteiger partial charge in [0.15, 0.2) is 11.1 Å². The standard InChI is InChI=1S/C24H32N4O5/c1-6-9-19-20-21(27(5)26-19)22(29)28(16-25-20)14-8-15-32-17-10-12-18(13-11-17)33-24(3,4)23(30)31-7-2/h10-13,16H,6-9,14-15H2,1-5H3. The quantitative estimate of drug-likeness (QED) is 0.323. The van der Waals surface area contributed by atoms with Gasteiger partial charge in [-0.15, -0.1) is 0 Å². The highest BCUT2D eigenvalue weighted by molar-refractivity contribution is 5.79. The maximum atomic E-state index is 12.8. The number of rotatable bonds is 11. The molecular weight excluding hydrogens is 424 g/mol. The summed E-state index contributed by atoms with van der Waals surface area (Å²) in [5, 5.41) is 4.45. The van der Waals surface area contributed by atoms with E-state index in [0.717, 1.165) is 18.5 Å². The Bertz CT molecular complexity index is 1150. The highest BCUT2D eigenvalue weighted by Crippen LogP contribution is 2.23. The molecule has 2 heterocycles. The Morgan fingerprint density at radius 2 is 1.82 bits per heavy atom. The number of carbonyl (C=O) groups excluding carboxylic acids is 1. The van der Waals surface area contributed by atoms with Crippen LogP contribution in [0, 0.1) is 0 Å². The zero-order valence-electron chi connectivity index (χ0n) is 20.0. The van der Waals surface area contributed by atoms with Gasteiger partial charge < -0.3 is 14.2 Å². The predicted molar refractivity (Wildman–Crippen MR) is 125 cm³/mol. The van der Waals surface area contributed by atoms with Gasteiger partial charge in [0, 0.05) is 13.6 Å². The molecule has 3 aromatic rings. The summed E-state index contributed by atoms with van der Waals surface area (Å²) in [6.07, 6.45) is 3.97. The van der Waals surface area contributed by atoms with Gasteiger partial charge in [0.05, 0.1) is 25.2 Å². The summed E-state index contributed by atoms with van der Waals surface area (Å²) in [7, 11) is 1.78. The van der Waals surface area contributed by atoms with Gasteiger partial charge in [0.1, 0.15) is 17.0 Å². The summed E-state index contributed by atoms with van der Waals surface area (Å²) in [6.45, 7) is 8.40. The van der Waals surface area contributed by atoms with Gasteiger partial charge in [-0.2, -0.15) is 5.10 Å². The van der Waals surface area contributed by atoms with Crippen molar-refractivity contribution in [1.82, 2.24) is 19.3 Å². The molecule has 3 rings (SSSR count). The van der Waals surface area contributed by atoms with Crippen LogP contribution in [0.2, 0.25) is 0 Å². The minimum atomic E-state index is -1.08. The Kier molecular flexibility index (Phi) is 7.73. The van der Waals surface area contributed by atoms with Crippen LogP contribution >= 0.6 is 0 Å². The third kappa shape index (κ3) is 5.71. The molecule has 0 fully saturated rings. The van der Waals surface area contributed by atoms with E-state index in [1.807, 2.05) is 0 Å². The van der Waals surface area contributed by atoms with Crippen LogP contribution in [0.3, 0.4) is 0 Å². The molecule has 0 bridgehead atoms. The number of esters is 1. The first kappa shape index (κ1) is 24.3. The molecule has 0 N–H and O–H groups in total. The molecule has 9 nitrogen and oxygen atoms in total. The Balaban J connectivity index is 1.54. The lowest BCUT2D eigenvalue weighted by molar-refractivity contribution is -0.158. The summed E-state index contributed by atoms with van der Waals surface area (Å²) in [6, 6.07) is 7.05. The van der Waals surface area contributed by atoms with Crippen molar-refractivity contribution in [1.29, 1.82) is 0 Å². The van der Waals surface area contributed by atoms with Crippen LogP contribution in [0.15, 0.2) is 35.4 Å². The Hall–Kier alpha value is -3.36. The lowest BCUT2D eigenvalue weighted by Crippen LogP contribution is -2.39. The predicted octanol–water partition coefficient (Wildman–Crippen LogP) is 3.27. The fraction of sp³-hybridized carbons (Fsp3) is 0.500. The fourth-order valence-corrected chi connectivity index (χ4v) is 3.49. The summed E-state index contributed by atoms with van der Waals surface area (Å²) >= 11 is 0. The van der Waals surface area contributed by atoms with Gasteiger partial charge in [-0.05, 0) is 57.9 Å². The van der Waals surface area contributed by atoms with E-state index >= 15 is 0 Å². The normalized spacial score (nSPS) is 11.5. The second-order valence-electron chi connectivity index (χ2n) is 8.27. The van der Waals surface area contributed by atoms with E-state index in [4.69, 9.17) is 14.2 Å². The molecule has 2 aromatic heterocycles. The van der Waals surface area contributed by atoms with Gasteiger partial charge in [-0.25, -0.2) is 9.78 Å². The highest BCUT2D eigenvalue weighted by atomic mass is 16.6. The number of aryl methyl sites for hydroxylation is 3. The van der Waals surface area contributed by atoms with Crippen LogP contribution in [-0.4, -0.2) is 44.1 Å². The third-order valence-electron chi connectivity index (χ3n) is 5.14. The van der Waals surface area contributed by atoms with Crippen LogP contribution in [0.4, 0.5) is 0 Å². The number of aromatic nitrogens is 4. The van der Waals surface area contributed by atoms with Crippen LogP contribution in [-0.2, 0) is 29.5 Å². The second-order valence-corrected chi connectivity index (χ2v) is 8.27. The summed E-state index contributed by atoms with van der Waals surface area (Å²) in [5.41, 5.74) is 0.906. The number of hydrogen-bond acceptors (Lipinski definition) is 7.